The van der Waals surface area contributed by atoms with Crippen molar-refractivity contribution in [2.45, 2.75) is 63.3 Å². The molecule has 13 heteroatoms. The van der Waals surface area contributed by atoms with Gasteiger partial charge in [-0.05, 0) is 31.5 Å². The molecule has 182 valence electrons. The fraction of sp³-hybridized carbons (Fsp3) is 0.550. The molecule has 1 fully saturated rings. The average Bonchev–Trinajstić information content (AvgIpc) is 3.30. The SMILES string of the molecule is CCS(=O)(=O)n1cc2c(n1)CN([C@@H]1C[C@H](N)[C@@H](c3cc(F)ccc3F)O[C@H]1CC(F)(F)F)C2. The quantitative estimate of drug-likeness (QED) is 0.643. The van der Waals surface area contributed by atoms with Gasteiger partial charge < -0.3 is 10.5 Å². The van der Waals surface area contributed by atoms with E-state index in [1.165, 1.54) is 13.1 Å². The minimum absolute atomic E-state index is 0.0406. The zero-order valence-corrected chi connectivity index (χ0v) is 18.4. The topological polar surface area (TPSA) is 90.5 Å². The zero-order valence-electron chi connectivity index (χ0n) is 17.6. The van der Waals surface area contributed by atoms with Crippen molar-refractivity contribution in [1.29, 1.82) is 0 Å². The molecule has 4 rings (SSSR count). The third-order valence-corrected chi connectivity index (χ3v) is 7.54. The normalized spacial score (nSPS) is 26.5. The van der Waals surface area contributed by atoms with Gasteiger partial charge in [0.15, 0.2) is 0 Å². The highest BCUT2D eigenvalue weighted by molar-refractivity contribution is 7.89. The number of hydrogen-bond acceptors (Lipinski definition) is 6. The Morgan fingerprint density at radius 1 is 1.24 bits per heavy atom. The van der Waals surface area contributed by atoms with E-state index in [4.69, 9.17) is 10.5 Å². The maximum Gasteiger partial charge on any atom is 0.391 e. The molecule has 2 aliphatic rings. The van der Waals surface area contributed by atoms with Crippen molar-refractivity contribution in [2.24, 2.45) is 5.73 Å². The van der Waals surface area contributed by atoms with E-state index >= 15 is 0 Å². The minimum Gasteiger partial charge on any atom is -0.367 e. The summed E-state index contributed by atoms with van der Waals surface area (Å²) in [7, 11) is -3.58. The van der Waals surface area contributed by atoms with Crippen LogP contribution in [0.3, 0.4) is 0 Å². The van der Waals surface area contributed by atoms with Crippen LogP contribution >= 0.6 is 0 Å². The molecule has 1 aromatic heterocycles. The highest BCUT2D eigenvalue weighted by Crippen LogP contribution is 2.40. The molecular formula is C20H23F5N4O3S. The maximum atomic E-state index is 14.3. The van der Waals surface area contributed by atoms with Gasteiger partial charge in [0.05, 0.1) is 24.0 Å². The molecule has 2 N–H and O–H groups in total. The maximum absolute atomic E-state index is 14.3. The summed E-state index contributed by atoms with van der Waals surface area (Å²) in [4.78, 5) is 1.70. The van der Waals surface area contributed by atoms with Gasteiger partial charge in [-0.25, -0.2) is 17.2 Å². The number of alkyl halides is 3. The van der Waals surface area contributed by atoms with E-state index in [0.717, 1.165) is 22.3 Å². The van der Waals surface area contributed by atoms with E-state index in [2.05, 4.69) is 5.10 Å². The third kappa shape index (κ3) is 4.91. The Bertz CT molecular complexity index is 1110. The van der Waals surface area contributed by atoms with Gasteiger partial charge >= 0.3 is 6.18 Å². The summed E-state index contributed by atoms with van der Waals surface area (Å²) in [6.45, 7) is 1.77. The van der Waals surface area contributed by atoms with Crippen molar-refractivity contribution in [3.63, 3.8) is 0 Å². The lowest BCUT2D eigenvalue weighted by Crippen LogP contribution is -2.54. The van der Waals surface area contributed by atoms with Gasteiger partial charge in [-0.3, -0.25) is 4.90 Å². The van der Waals surface area contributed by atoms with Crippen LogP contribution in [0.25, 0.3) is 0 Å². The molecule has 0 spiro atoms. The second-order valence-electron chi connectivity index (χ2n) is 8.33. The molecule has 0 saturated carbocycles. The molecule has 2 aromatic rings. The van der Waals surface area contributed by atoms with E-state index < -0.39 is 58.5 Å². The molecule has 0 bridgehead atoms. The first kappa shape index (κ1) is 24.0. The van der Waals surface area contributed by atoms with Crippen LogP contribution < -0.4 is 5.73 Å². The van der Waals surface area contributed by atoms with E-state index in [1.54, 1.807) is 4.90 Å². The summed E-state index contributed by atoms with van der Waals surface area (Å²) in [6, 6.07) is 1.01. The highest BCUT2D eigenvalue weighted by Gasteiger charge is 2.47. The molecule has 0 amide bonds. The number of hydrogen-bond donors (Lipinski definition) is 1. The van der Waals surface area contributed by atoms with Gasteiger partial charge in [0, 0.05) is 42.5 Å². The number of aromatic nitrogens is 2. The largest absolute Gasteiger partial charge is 0.391 e. The summed E-state index contributed by atoms with van der Waals surface area (Å²) in [6.07, 6.45) is -7.08. The molecule has 0 aliphatic carbocycles. The molecule has 0 radical (unpaired) electrons. The van der Waals surface area contributed by atoms with Crippen molar-refractivity contribution in [2.75, 3.05) is 5.75 Å². The van der Waals surface area contributed by atoms with Gasteiger partial charge in [-0.2, -0.15) is 22.4 Å². The van der Waals surface area contributed by atoms with Crippen LogP contribution in [-0.4, -0.2) is 52.6 Å². The summed E-state index contributed by atoms with van der Waals surface area (Å²) in [5.41, 5.74) is 6.99. The predicted molar refractivity (Wildman–Crippen MR) is 107 cm³/mol. The molecule has 0 unspecified atom stereocenters. The predicted octanol–water partition coefficient (Wildman–Crippen LogP) is 2.85. The Balaban J connectivity index is 1.58. The fourth-order valence-electron chi connectivity index (χ4n) is 4.43. The third-order valence-electron chi connectivity index (χ3n) is 6.05. The molecule has 3 heterocycles. The Morgan fingerprint density at radius 3 is 2.61 bits per heavy atom. The highest BCUT2D eigenvalue weighted by atomic mass is 32.2. The monoisotopic (exact) mass is 494 g/mol. The average molecular weight is 494 g/mol. The second kappa shape index (κ2) is 8.60. The van der Waals surface area contributed by atoms with Gasteiger partial charge in [0.25, 0.3) is 10.0 Å². The number of halogens is 5. The summed E-state index contributed by atoms with van der Waals surface area (Å²) in [5.74, 6) is -1.71. The van der Waals surface area contributed by atoms with Crippen molar-refractivity contribution < 1.29 is 35.1 Å². The number of nitrogens with two attached hydrogens (primary N) is 1. The van der Waals surface area contributed by atoms with Crippen LogP contribution in [0.2, 0.25) is 0 Å². The Kier molecular flexibility index (Phi) is 6.27. The smallest absolute Gasteiger partial charge is 0.367 e. The Hall–Kier alpha value is -2.09. The van der Waals surface area contributed by atoms with E-state index in [-0.39, 0.29) is 30.8 Å². The van der Waals surface area contributed by atoms with E-state index in [9.17, 15) is 30.4 Å². The Morgan fingerprint density at radius 2 is 1.97 bits per heavy atom. The number of ether oxygens (including phenoxy) is 1. The summed E-state index contributed by atoms with van der Waals surface area (Å²) >= 11 is 0. The summed E-state index contributed by atoms with van der Waals surface area (Å²) in [5, 5.41) is 4.08. The van der Waals surface area contributed by atoms with Gasteiger partial charge in [-0.1, -0.05) is 0 Å². The van der Waals surface area contributed by atoms with E-state index in [0.29, 0.717) is 11.3 Å². The van der Waals surface area contributed by atoms with Gasteiger partial charge in [-0.15, -0.1) is 0 Å². The van der Waals surface area contributed by atoms with E-state index in [1.807, 2.05) is 0 Å². The number of fused-ring (bicyclic) bond motifs is 1. The standard InChI is InChI=1S/C20H23F5N4O3S/c1-2-33(30,31)29-9-11-8-28(10-16(11)27-29)17-6-15(26)19(32-18(17)7-20(23,24)25)13-5-12(21)3-4-14(13)22/h3-5,9,15,17-19H,2,6-8,10,26H2,1H3/t15-,17+,18-,19+/m0/s1. The number of nitrogens with zero attached hydrogens (tertiary/aromatic N) is 3. The minimum atomic E-state index is -4.56. The van der Waals surface area contributed by atoms with Crippen molar-refractivity contribution in [1.82, 2.24) is 14.1 Å². The molecule has 2 aliphatic heterocycles. The number of rotatable bonds is 5. The molecule has 33 heavy (non-hydrogen) atoms. The first-order valence-corrected chi connectivity index (χ1v) is 12.0. The van der Waals surface area contributed by atoms with Crippen LogP contribution in [0.15, 0.2) is 24.4 Å². The first-order valence-electron chi connectivity index (χ1n) is 10.4. The van der Waals surface area contributed by atoms with Crippen molar-refractivity contribution in [3.8, 4) is 0 Å². The zero-order chi connectivity index (χ0) is 24.1. The fourth-order valence-corrected chi connectivity index (χ4v) is 5.20. The van der Waals surface area contributed by atoms with Crippen LogP contribution in [0.1, 0.15) is 42.7 Å². The van der Waals surface area contributed by atoms with Crippen molar-refractivity contribution in [3.05, 3.63) is 52.9 Å². The first-order chi connectivity index (χ1) is 15.4. The lowest BCUT2D eigenvalue weighted by atomic mass is 9.88. The van der Waals surface area contributed by atoms with Gasteiger partial charge in [0.2, 0.25) is 0 Å². The molecule has 1 saturated heterocycles. The number of benzene rings is 1. The lowest BCUT2D eigenvalue weighted by Gasteiger charge is -2.44. The van der Waals surface area contributed by atoms with Crippen LogP contribution in [0.4, 0.5) is 22.0 Å². The van der Waals surface area contributed by atoms with Crippen molar-refractivity contribution >= 4 is 10.0 Å². The molecule has 7 nitrogen and oxygen atoms in total. The van der Waals surface area contributed by atoms with Crippen LogP contribution in [0, 0.1) is 11.6 Å². The molecule has 1 aromatic carbocycles. The van der Waals surface area contributed by atoms with Gasteiger partial charge in [0.1, 0.15) is 17.7 Å². The molecule has 4 atom stereocenters. The lowest BCUT2D eigenvalue weighted by molar-refractivity contribution is -0.195. The summed E-state index contributed by atoms with van der Waals surface area (Å²) < 4.78 is 98.6. The Labute approximate surface area is 187 Å². The van der Waals surface area contributed by atoms with Crippen LogP contribution in [-0.2, 0) is 27.8 Å². The second-order valence-corrected chi connectivity index (χ2v) is 10.4. The molecular weight excluding hydrogens is 471 g/mol. The van der Waals surface area contributed by atoms with Crippen LogP contribution in [0.5, 0.6) is 0 Å².